The summed E-state index contributed by atoms with van der Waals surface area (Å²) in [5.41, 5.74) is -0.212. The average Bonchev–Trinajstić information content (AvgIpc) is 3.06. The van der Waals surface area contributed by atoms with Crippen molar-refractivity contribution in [2.75, 3.05) is 13.2 Å². The molecule has 1 saturated heterocycles. The van der Waals surface area contributed by atoms with Crippen molar-refractivity contribution in [3.63, 3.8) is 0 Å². The van der Waals surface area contributed by atoms with E-state index in [1.54, 1.807) is 12.1 Å². The second-order valence-corrected chi connectivity index (χ2v) is 6.69. The SMILES string of the molecule is Fc1cc(OC2CCC3(OCCO3)c3ccc(Cl)nc32)ccc1C(F)(F)F. The standard InChI is InChI=1S/C18H14ClF4NO3/c19-15-4-3-12-16(24-15)14(5-6-17(12)25-7-8-26-17)27-10-1-2-11(13(20)9-10)18(21,22)23/h1-4,9,14H,5-8H2. The minimum atomic E-state index is -4.77. The normalized spacial score (nSPS) is 21.3. The quantitative estimate of drug-likeness (QED) is 0.522. The van der Waals surface area contributed by atoms with Crippen molar-refractivity contribution in [1.82, 2.24) is 4.98 Å². The lowest BCUT2D eigenvalue weighted by Gasteiger charge is -2.36. The molecule has 4 rings (SSSR count). The number of aromatic nitrogens is 1. The fourth-order valence-electron chi connectivity index (χ4n) is 3.44. The third-order valence-corrected chi connectivity index (χ3v) is 4.83. The summed E-state index contributed by atoms with van der Waals surface area (Å²) in [5.74, 6) is -2.34. The third-order valence-electron chi connectivity index (χ3n) is 4.62. The van der Waals surface area contributed by atoms with E-state index in [4.69, 9.17) is 25.8 Å². The maximum absolute atomic E-state index is 13.8. The van der Waals surface area contributed by atoms with Gasteiger partial charge >= 0.3 is 6.18 Å². The van der Waals surface area contributed by atoms with Crippen LogP contribution in [0.1, 0.15) is 35.8 Å². The first kappa shape index (κ1) is 18.5. The Hall–Kier alpha value is -1.90. The molecular weight excluding hydrogens is 390 g/mol. The van der Waals surface area contributed by atoms with Crippen molar-refractivity contribution in [3.05, 3.63) is 58.1 Å². The second-order valence-electron chi connectivity index (χ2n) is 6.30. The molecule has 1 aliphatic heterocycles. The van der Waals surface area contributed by atoms with Crippen LogP contribution in [0.4, 0.5) is 17.6 Å². The molecule has 2 heterocycles. The summed E-state index contributed by atoms with van der Waals surface area (Å²) >= 11 is 6.00. The van der Waals surface area contributed by atoms with Crippen molar-refractivity contribution in [3.8, 4) is 5.75 Å². The Balaban J connectivity index is 1.65. The number of alkyl halides is 3. The fourth-order valence-corrected chi connectivity index (χ4v) is 3.60. The van der Waals surface area contributed by atoms with Gasteiger partial charge in [0, 0.05) is 18.1 Å². The molecule has 1 spiro atoms. The van der Waals surface area contributed by atoms with Gasteiger partial charge in [0.1, 0.15) is 22.8 Å². The van der Waals surface area contributed by atoms with Gasteiger partial charge in [-0.05, 0) is 30.7 Å². The first-order valence-corrected chi connectivity index (χ1v) is 8.64. The van der Waals surface area contributed by atoms with Crippen LogP contribution in [0.15, 0.2) is 30.3 Å². The van der Waals surface area contributed by atoms with E-state index in [1.165, 1.54) is 0 Å². The Morgan fingerprint density at radius 1 is 1.15 bits per heavy atom. The van der Waals surface area contributed by atoms with Gasteiger partial charge < -0.3 is 14.2 Å². The molecule has 1 aromatic carbocycles. The van der Waals surface area contributed by atoms with E-state index in [1.807, 2.05) is 0 Å². The van der Waals surface area contributed by atoms with Crippen LogP contribution in [-0.2, 0) is 21.4 Å². The molecule has 1 fully saturated rings. The van der Waals surface area contributed by atoms with Gasteiger partial charge in [0.2, 0.25) is 0 Å². The number of fused-ring (bicyclic) bond motifs is 2. The van der Waals surface area contributed by atoms with Crippen molar-refractivity contribution >= 4 is 11.6 Å². The lowest BCUT2D eigenvalue weighted by atomic mass is 9.88. The summed E-state index contributed by atoms with van der Waals surface area (Å²) < 4.78 is 69.3. The topological polar surface area (TPSA) is 40.6 Å². The number of nitrogens with zero attached hydrogens (tertiary/aromatic N) is 1. The highest BCUT2D eigenvalue weighted by molar-refractivity contribution is 6.29. The summed E-state index contributed by atoms with van der Waals surface area (Å²) in [4.78, 5) is 4.30. The third kappa shape index (κ3) is 3.37. The zero-order valence-electron chi connectivity index (χ0n) is 13.9. The summed E-state index contributed by atoms with van der Waals surface area (Å²) in [6, 6.07) is 5.81. The number of ether oxygens (including phenoxy) is 3. The summed E-state index contributed by atoms with van der Waals surface area (Å²) in [6.07, 6.45) is -4.49. The van der Waals surface area contributed by atoms with Gasteiger partial charge in [0.25, 0.3) is 0 Å². The van der Waals surface area contributed by atoms with Crippen LogP contribution in [0, 0.1) is 5.82 Å². The Labute approximate surface area is 157 Å². The molecule has 1 aliphatic carbocycles. The van der Waals surface area contributed by atoms with Gasteiger partial charge in [-0.3, -0.25) is 0 Å². The van der Waals surface area contributed by atoms with Crippen molar-refractivity contribution in [1.29, 1.82) is 0 Å². The molecule has 1 atom stereocenters. The first-order valence-electron chi connectivity index (χ1n) is 8.27. The molecular formula is C18H14ClF4NO3. The molecule has 1 unspecified atom stereocenters. The summed E-state index contributed by atoms with van der Waals surface area (Å²) in [6.45, 7) is 0.884. The van der Waals surface area contributed by atoms with E-state index >= 15 is 0 Å². The molecule has 2 aromatic rings. The van der Waals surface area contributed by atoms with E-state index in [9.17, 15) is 17.6 Å². The Bertz CT molecular complexity index is 868. The van der Waals surface area contributed by atoms with Crippen LogP contribution < -0.4 is 4.74 Å². The molecule has 144 valence electrons. The van der Waals surface area contributed by atoms with Crippen molar-refractivity contribution < 1.29 is 31.8 Å². The van der Waals surface area contributed by atoms with Gasteiger partial charge in [-0.1, -0.05) is 11.6 Å². The number of benzene rings is 1. The molecule has 27 heavy (non-hydrogen) atoms. The Morgan fingerprint density at radius 3 is 2.56 bits per heavy atom. The van der Waals surface area contributed by atoms with E-state index in [-0.39, 0.29) is 10.9 Å². The van der Waals surface area contributed by atoms with Gasteiger partial charge in [-0.2, -0.15) is 13.2 Å². The average molecular weight is 404 g/mol. The minimum Gasteiger partial charge on any atom is -0.484 e. The smallest absolute Gasteiger partial charge is 0.419 e. The van der Waals surface area contributed by atoms with E-state index in [0.717, 1.165) is 12.1 Å². The lowest BCUT2D eigenvalue weighted by molar-refractivity contribution is -0.182. The van der Waals surface area contributed by atoms with Crippen LogP contribution in [0.25, 0.3) is 0 Å². The Kier molecular flexibility index (Phi) is 4.52. The lowest BCUT2D eigenvalue weighted by Crippen LogP contribution is -2.35. The predicted octanol–water partition coefficient (Wildman–Crippen LogP) is 5.01. The maximum Gasteiger partial charge on any atom is 0.419 e. The van der Waals surface area contributed by atoms with Crippen molar-refractivity contribution in [2.24, 2.45) is 0 Å². The molecule has 0 N–H and O–H groups in total. The monoisotopic (exact) mass is 403 g/mol. The molecule has 0 radical (unpaired) electrons. The number of hydrogen-bond donors (Lipinski definition) is 0. The minimum absolute atomic E-state index is 0.0255. The van der Waals surface area contributed by atoms with Gasteiger partial charge in [-0.25, -0.2) is 9.37 Å². The molecule has 1 aromatic heterocycles. The van der Waals surface area contributed by atoms with Crippen LogP contribution in [0.2, 0.25) is 5.15 Å². The first-order chi connectivity index (χ1) is 12.8. The van der Waals surface area contributed by atoms with E-state index in [0.29, 0.717) is 43.4 Å². The van der Waals surface area contributed by atoms with Crippen LogP contribution in [0.5, 0.6) is 5.75 Å². The number of halogens is 5. The van der Waals surface area contributed by atoms with Crippen LogP contribution in [0.3, 0.4) is 0 Å². The Morgan fingerprint density at radius 2 is 1.89 bits per heavy atom. The maximum atomic E-state index is 13.8. The van der Waals surface area contributed by atoms with Crippen LogP contribution >= 0.6 is 11.6 Å². The van der Waals surface area contributed by atoms with Crippen LogP contribution in [-0.4, -0.2) is 18.2 Å². The fraction of sp³-hybridized carbons (Fsp3) is 0.389. The summed E-state index contributed by atoms with van der Waals surface area (Å²) in [5, 5.41) is 0.232. The summed E-state index contributed by atoms with van der Waals surface area (Å²) in [7, 11) is 0. The molecule has 2 aliphatic rings. The van der Waals surface area contributed by atoms with Crippen molar-refractivity contribution in [2.45, 2.75) is 30.9 Å². The number of rotatable bonds is 2. The van der Waals surface area contributed by atoms with E-state index in [2.05, 4.69) is 4.98 Å². The number of pyridine rings is 1. The zero-order valence-corrected chi connectivity index (χ0v) is 14.6. The molecule has 0 amide bonds. The van der Waals surface area contributed by atoms with Gasteiger partial charge in [0.15, 0.2) is 5.79 Å². The molecule has 4 nitrogen and oxygen atoms in total. The number of hydrogen-bond acceptors (Lipinski definition) is 4. The van der Waals surface area contributed by atoms with Gasteiger partial charge in [-0.15, -0.1) is 0 Å². The molecule has 0 bridgehead atoms. The highest BCUT2D eigenvalue weighted by Gasteiger charge is 2.46. The highest BCUT2D eigenvalue weighted by atomic mass is 35.5. The second kappa shape index (κ2) is 6.61. The predicted molar refractivity (Wildman–Crippen MR) is 86.8 cm³/mol. The highest BCUT2D eigenvalue weighted by Crippen LogP contribution is 2.46. The molecule has 0 saturated carbocycles. The molecule has 9 heteroatoms. The van der Waals surface area contributed by atoms with E-state index < -0.39 is 29.4 Å². The van der Waals surface area contributed by atoms with Gasteiger partial charge in [0.05, 0.1) is 24.5 Å². The zero-order chi connectivity index (χ0) is 19.2. The largest absolute Gasteiger partial charge is 0.484 e.